The lowest BCUT2D eigenvalue weighted by Crippen LogP contribution is -2.28. The first kappa shape index (κ1) is 23.7. The SMILES string of the molecule is CCOc1ccc(N2CC(C(=O)OCC(=O)Nc3sc4c(c3C(N)=O)CCCC4)CC2=O)cc1. The monoisotopic (exact) mass is 485 g/mol. The number of esters is 1. The smallest absolute Gasteiger partial charge is 0.311 e. The van der Waals surface area contributed by atoms with Crippen molar-refractivity contribution in [3.63, 3.8) is 0 Å². The van der Waals surface area contributed by atoms with Crippen LogP contribution in [-0.2, 0) is 32.0 Å². The summed E-state index contributed by atoms with van der Waals surface area (Å²) in [5.74, 6) is -1.90. The van der Waals surface area contributed by atoms with E-state index in [1.807, 2.05) is 6.92 Å². The van der Waals surface area contributed by atoms with Gasteiger partial charge >= 0.3 is 5.97 Å². The molecule has 180 valence electrons. The first-order valence-electron chi connectivity index (χ1n) is 11.3. The second kappa shape index (κ2) is 10.3. The maximum Gasteiger partial charge on any atom is 0.311 e. The number of aryl methyl sites for hydroxylation is 1. The van der Waals surface area contributed by atoms with Gasteiger partial charge in [0.1, 0.15) is 10.8 Å². The molecule has 1 aromatic heterocycles. The Kier molecular flexibility index (Phi) is 7.16. The van der Waals surface area contributed by atoms with Crippen LogP contribution < -0.4 is 20.7 Å². The van der Waals surface area contributed by atoms with Crippen LogP contribution >= 0.6 is 11.3 Å². The maximum atomic E-state index is 12.5. The summed E-state index contributed by atoms with van der Waals surface area (Å²) in [5, 5.41) is 3.07. The molecule has 1 atom stereocenters. The highest BCUT2D eigenvalue weighted by molar-refractivity contribution is 7.17. The van der Waals surface area contributed by atoms with E-state index in [4.69, 9.17) is 15.2 Å². The minimum absolute atomic E-state index is 0.0110. The Bertz CT molecular complexity index is 1110. The zero-order valence-electron chi connectivity index (χ0n) is 18.9. The van der Waals surface area contributed by atoms with Crippen molar-refractivity contribution in [3.8, 4) is 5.75 Å². The van der Waals surface area contributed by atoms with E-state index in [1.165, 1.54) is 16.2 Å². The Labute approximate surface area is 201 Å². The van der Waals surface area contributed by atoms with Gasteiger partial charge in [0.2, 0.25) is 5.91 Å². The summed E-state index contributed by atoms with van der Waals surface area (Å²) < 4.78 is 10.6. The van der Waals surface area contributed by atoms with E-state index in [0.717, 1.165) is 36.1 Å². The predicted octanol–water partition coefficient (Wildman–Crippen LogP) is 2.66. The first-order chi connectivity index (χ1) is 16.4. The third-order valence-electron chi connectivity index (χ3n) is 5.93. The molecule has 34 heavy (non-hydrogen) atoms. The van der Waals surface area contributed by atoms with Crippen LogP contribution in [0.2, 0.25) is 0 Å². The molecule has 0 spiro atoms. The Morgan fingerprint density at radius 3 is 2.62 bits per heavy atom. The van der Waals surface area contributed by atoms with Crippen molar-refractivity contribution in [2.45, 2.75) is 39.0 Å². The number of rotatable bonds is 8. The normalized spacial score (nSPS) is 17.3. The molecule has 1 aliphatic carbocycles. The Morgan fingerprint density at radius 1 is 1.18 bits per heavy atom. The van der Waals surface area contributed by atoms with Crippen LogP contribution in [-0.4, -0.2) is 43.4 Å². The highest BCUT2D eigenvalue weighted by atomic mass is 32.1. The molecule has 0 saturated carbocycles. The average Bonchev–Trinajstić information content (AvgIpc) is 3.38. The van der Waals surface area contributed by atoms with Gasteiger partial charge in [-0.1, -0.05) is 0 Å². The molecule has 2 aromatic rings. The zero-order chi connectivity index (χ0) is 24.2. The number of benzene rings is 1. The number of nitrogens with two attached hydrogens (primary N) is 1. The second-order valence-corrected chi connectivity index (χ2v) is 9.37. The minimum Gasteiger partial charge on any atom is -0.494 e. The number of ether oxygens (including phenoxy) is 2. The Balaban J connectivity index is 1.32. The fraction of sp³-hybridized carbons (Fsp3) is 0.417. The van der Waals surface area contributed by atoms with E-state index >= 15 is 0 Å². The molecule has 2 heterocycles. The maximum absolute atomic E-state index is 12.5. The predicted molar refractivity (Wildman–Crippen MR) is 127 cm³/mol. The number of nitrogens with zero attached hydrogens (tertiary/aromatic N) is 1. The van der Waals surface area contributed by atoms with Crippen molar-refractivity contribution >= 4 is 45.7 Å². The molecule has 1 aliphatic heterocycles. The molecule has 3 amide bonds. The van der Waals surface area contributed by atoms with Crippen molar-refractivity contribution in [1.29, 1.82) is 0 Å². The standard InChI is InChI=1S/C24H27N3O6S/c1-2-32-16-9-7-15(8-10-16)27-12-14(11-20(27)29)24(31)33-13-19(28)26-23-21(22(25)30)17-5-3-4-6-18(17)34-23/h7-10,14H,2-6,11-13H2,1H3,(H2,25,30)(H,26,28). The molecular weight excluding hydrogens is 458 g/mol. The molecule has 2 aliphatic rings. The lowest BCUT2D eigenvalue weighted by Gasteiger charge is -2.17. The highest BCUT2D eigenvalue weighted by Crippen LogP contribution is 2.38. The van der Waals surface area contributed by atoms with Gasteiger partial charge in [-0.25, -0.2) is 0 Å². The summed E-state index contributed by atoms with van der Waals surface area (Å²) in [6, 6.07) is 7.07. The second-order valence-electron chi connectivity index (χ2n) is 8.27. The quantitative estimate of drug-likeness (QED) is 0.553. The van der Waals surface area contributed by atoms with Crippen LogP contribution in [0, 0.1) is 5.92 Å². The van der Waals surface area contributed by atoms with Crippen LogP contribution in [0.3, 0.4) is 0 Å². The van der Waals surface area contributed by atoms with Crippen molar-refractivity contribution in [2.24, 2.45) is 11.7 Å². The van der Waals surface area contributed by atoms with Gasteiger partial charge in [0.05, 0.1) is 18.1 Å². The van der Waals surface area contributed by atoms with Crippen molar-refractivity contribution in [2.75, 3.05) is 30.0 Å². The third kappa shape index (κ3) is 5.06. The highest BCUT2D eigenvalue weighted by Gasteiger charge is 2.36. The van der Waals surface area contributed by atoms with E-state index in [2.05, 4.69) is 5.32 Å². The van der Waals surface area contributed by atoms with Gasteiger partial charge in [-0.3, -0.25) is 19.2 Å². The fourth-order valence-corrected chi connectivity index (χ4v) is 5.65. The van der Waals surface area contributed by atoms with Gasteiger partial charge in [-0.2, -0.15) is 0 Å². The van der Waals surface area contributed by atoms with E-state index in [-0.39, 0.29) is 18.9 Å². The van der Waals surface area contributed by atoms with Gasteiger partial charge in [0.25, 0.3) is 11.8 Å². The van der Waals surface area contributed by atoms with Gasteiger partial charge in [0.15, 0.2) is 6.61 Å². The zero-order valence-corrected chi connectivity index (χ0v) is 19.7. The largest absolute Gasteiger partial charge is 0.494 e. The minimum atomic E-state index is -0.665. The number of carbonyl (C=O) groups excluding carboxylic acids is 4. The Hall–Kier alpha value is -3.40. The van der Waals surface area contributed by atoms with E-state index in [0.29, 0.717) is 28.6 Å². The van der Waals surface area contributed by atoms with E-state index in [9.17, 15) is 19.2 Å². The summed E-state index contributed by atoms with van der Waals surface area (Å²) in [4.78, 5) is 51.9. The lowest BCUT2D eigenvalue weighted by atomic mass is 9.95. The molecule has 9 nitrogen and oxygen atoms in total. The summed E-state index contributed by atoms with van der Waals surface area (Å²) in [5.41, 5.74) is 7.48. The summed E-state index contributed by atoms with van der Waals surface area (Å²) in [6.45, 7) is 2.10. The third-order valence-corrected chi connectivity index (χ3v) is 7.14. The van der Waals surface area contributed by atoms with Crippen LogP contribution in [0.25, 0.3) is 0 Å². The number of primary amides is 1. The number of hydrogen-bond donors (Lipinski definition) is 2. The molecule has 3 N–H and O–H groups in total. The average molecular weight is 486 g/mol. The van der Waals surface area contributed by atoms with Crippen LogP contribution in [0.5, 0.6) is 5.75 Å². The molecule has 10 heteroatoms. The van der Waals surface area contributed by atoms with Crippen LogP contribution in [0.1, 0.15) is 47.0 Å². The summed E-state index contributed by atoms with van der Waals surface area (Å²) in [6.07, 6.45) is 3.63. The number of nitrogens with one attached hydrogen (secondary N) is 1. The summed E-state index contributed by atoms with van der Waals surface area (Å²) >= 11 is 1.35. The lowest BCUT2D eigenvalue weighted by molar-refractivity contribution is -0.151. The topological polar surface area (TPSA) is 128 Å². The molecule has 0 radical (unpaired) electrons. The van der Waals surface area contributed by atoms with Gasteiger partial charge in [-0.05, 0) is 62.4 Å². The van der Waals surface area contributed by atoms with Crippen molar-refractivity contribution < 1.29 is 28.7 Å². The fourth-order valence-electron chi connectivity index (χ4n) is 4.34. The number of thiophene rings is 1. The van der Waals surface area contributed by atoms with Crippen LogP contribution in [0.15, 0.2) is 24.3 Å². The number of hydrogen-bond acceptors (Lipinski definition) is 7. The molecule has 0 bridgehead atoms. The molecule has 1 aromatic carbocycles. The molecular formula is C24H27N3O6S. The number of anilines is 2. The van der Waals surface area contributed by atoms with E-state index in [1.54, 1.807) is 24.3 Å². The summed E-state index contributed by atoms with van der Waals surface area (Å²) in [7, 11) is 0. The first-order valence-corrected chi connectivity index (χ1v) is 12.1. The molecule has 1 unspecified atom stereocenters. The molecule has 1 fully saturated rings. The van der Waals surface area contributed by atoms with Crippen molar-refractivity contribution in [3.05, 3.63) is 40.3 Å². The van der Waals surface area contributed by atoms with Crippen LogP contribution in [0.4, 0.5) is 10.7 Å². The Morgan fingerprint density at radius 2 is 1.91 bits per heavy atom. The van der Waals surface area contributed by atoms with E-state index < -0.39 is 30.3 Å². The van der Waals surface area contributed by atoms with Gasteiger partial charge in [0, 0.05) is 23.5 Å². The number of fused-ring (bicyclic) bond motifs is 1. The molecule has 1 saturated heterocycles. The van der Waals surface area contributed by atoms with Crippen molar-refractivity contribution in [1.82, 2.24) is 0 Å². The number of amides is 3. The van der Waals surface area contributed by atoms with Gasteiger partial charge < -0.3 is 25.4 Å². The van der Waals surface area contributed by atoms with Gasteiger partial charge in [-0.15, -0.1) is 11.3 Å². The number of carbonyl (C=O) groups is 4. The molecule has 4 rings (SSSR count).